The van der Waals surface area contributed by atoms with Gasteiger partial charge in [0.15, 0.2) is 0 Å². The molecule has 3 N–H and O–H groups in total. The Hall–Kier alpha value is -3.49. The quantitative estimate of drug-likeness (QED) is 0.600. The van der Waals surface area contributed by atoms with Crippen molar-refractivity contribution in [1.29, 1.82) is 0 Å². The molecule has 27 heavy (non-hydrogen) atoms. The van der Waals surface area contributed by atoms with Crippen molar-refractivity contribution in [1.82, 2.24) is 10.3 Å². The van der Waals surface area contributed by atoms with Crippen molar-refractivity contribution in [2.75, 3.05) is 10.6 Å². The van der Waals surface area contributed by atoms with Crippen LogP contribution >= 0.6 is 0 Å². The molecule has 0 unspecified atom stereocenters. The second-order valence-electron chi connectivity index (χ2n) is 5.51. The Morgan fingerprint density at radius 2 is 1.78 bits per heavy atom. The van der Waals surface area contributed by atoms with Gasteiger partial charge in [0.1, 0.15) is 23.7 Å². The lowest BCUT2D eigenvalue weighted by Crippen LogP contribution is -2.28. The molecule has 0 saturated heterocycles. The van der Waals surface area contributed by atoms with Crippen LogP contribution in [0.2, 0.25) is 0 Å². The number of anilines is 3. The number of urea groups is 1. The number of carbonyl (C=O) groups excluding carboxylic acids is 1. The van der Waals surface area contributed by atoms with Gasteiger partial charge in [0.05, 0.1) is 12.1 Å². The molecule has 2 amide bonds. The Morgan fingerprint density at radius 3 is 2.48 bits per heavy atom. The molecule has 0 radical (unpaired) electrons. The maximum atomic E-state index is 12.5. The third kappa shape index (κ3) is 5.24. The highest BCUT2D eigenvalue weighted by molar-refractivity contribution is 5.88. The Labute approximate surface area is 152 Å². The first-order chi connectivity index (χ1) is 12.9. The monoisotopic (exact) mass is 376 g/mol. The van der Waals surface area contributed by atoms with E-state index in [1.54, 1.807) is 18.2 Å². The van der Waals surface area contributed by atoms with E-state index in [0.717, 1.165) is 11.8 Å². The minimum absolute atomic E-state index is 0.00932. The Kier molecular flexibility index (Phi) is 5.30. The van der Waals surface area contributed by atoms with Crippen LogP contribution in [0.15, 0.2) is 65.3 Å². The van der Waals surface area contributed by atoms with E-state index in [1.807, 2.05) is 30.3 Å². The minimum atomic E-state index is -4.49. The molecule has 0 aliphatic carbocycles. The molecular weight excluding hydrogens is 361 g/mol. The number of carbonyl (C=O) groups is 1. The van der Waals surface area contributed by atoms with Gasteiger partial charge in [-0.2, -0.15) is 13.2 Å². The smallest absolute Gasteiger partial charge is 0.419 e. The van der Waals surface area contributed by atoms with Gasteiger partial charge in [0.2, 0.25) is 0 Å². The van der Waals surface area contributed by atoms with E-state index >= 15 is 0 Å². The minimum Gasteiger partial charge on any atom is -0.467 e. The van der Waals surface area contributed by atoms with Crippen molar-refractivity contribution in [2.45, 2.75) is 12.7 Å². The summed E-state index contributed by atoms with van der Waals surface area (Å²) in [4.78, 5) is 16.2. The summed E-state index contributed by atoms with van der Waals surface area (Å²) in [5, 5.41) is 8.01. The van der Waals surface area contributed by atoms with Crippen LogP contribution in [0.5, 0.6) is 0 Å². The van der Waals surface area contributed by atoms with Crippen LogP contribution < -0.4 is 16.0 Å². The number of aromatic nitrogens is 1. The maximum Gasteiger partial charge on any atom is 0.419 e. The third-order valence-corrected chi connectivity index (χ3v) is 3.44. The molecule has 9 heteroatoms. The third-order valence-electron chi connectivity index (χ3n) is 3.44. The zero-order valence-electron chi connectivity index (χ0n) is 13.9. The predicted octanol–water partition coefficient (Wildman–Crippen LogP) is 4.76. The molecule has 140 valence electrons. The van der Waals surface area contributed by atoms with Crippen molar-refractivity contribution >= 4 is 23.4 Å². The van der Waals surface area contributed by atoms with Gasteiger partial charge < -0.3 is 15.1 Å². The number of alkyl halides is 3. The molecule has 0 fully saturated rings. The number of rotatable bonds is 5. The molecule has 0 spiro atoms. The summed E-state index contributed by atoms with van der Waals surface area (Å²) < 4.78 is 42.3. The molecule has 0 atom stereocenters. The molecule has 0 aliphatic heterocycles. The number of pyridine rings is 1. The summed E-state index contributed by atoms with van der Waals surface area (Å²) in [5.41, 5.74) is -0.0639. The van der Waals surface area contributed by atoms with Gasteiger partial charge in [-0.25, -0.2) is 9.78 Å². The van der Waals surface area contributed by atoms with Gasteiger partial charge >= 0.3 is 12.2 Å². The summed E-state index contributed by atoms with van der Waals surface area (Å²) in [6.45, 7) is -0.191. The average Bonchev–Trinajstić information content (AvgIpc) is 3.11. The summed E-state index contributed by atoms with van der Waals surface area (Å²) in [5.74, 6) is 0.800. The van der Waals surface area contributed by atoms with E-state index in [2.05, 4.69) is 20.9 Å². The average molecular weight is 376 g/mol. The number of halogens is 3. The van der Waals surface area contributed by atoms with Gasteiger partial charge in [-0.15, -0.1) is 0 Å². The van der Waals surface area contributed by atoms with Crippen LogP contribution in [0, 0.1) is 0 Å². The number of furan rings is 1. The second-order valence-corrected chi connectivity index (χ2v) is 5.51. The molecule has 1 aromatic carbocycles. The molecule has 6 nitrogen and oxygen atoms in total. The van der Waals surface area contributed by atoms with Crippen molar-refractivity contribution in [3.05, 3.63) is 72.2 Å². The molecule has 2 aromatic heterocycles. The molecular formula is C18H15F3N4O2. The van der Waals surface area contributed by atoms with Crippen LogP contribution in [0.25, 0.3) is 0 Å². The highest BCUT2D eigenvalue weighted by atomic mass is 19.4. The Bertz CT molecular complexity index is 910. The zero-order valence-corrected chi connectivity index (χ0v) is 13.9. The van der Waals surface area contributed by atoms with Crippen LogP contribution in [-0.2, 0) is 12.7 Å². The molecule has 3 aromatic rings. The highest BCUT2D eigenvalue weighted by Crippen LogP contribution is 2.30. The van der Waals surface area contributed by atoms with Gasteiger partial charge in [0.25, 0.3) is 0 Å². The first-order valence-electron chi connectivity index (χ1n) is 7.89. The van der Waals surface area contributed by atoms with Gasteiger partial charge in [-0.3, -0.25) is 5.32 Å². The van der Waals surface area contributed by atoms with Crippen LogP contribution in [0.1, 0.15) is 11.3 Å². The van der Waals surface area contributed by atoms with Gasteiger partial charge in [0, 0.05) is 5.69 Å². The van der Waals surface area contributed by atoms with Crippen LogP contribution in [0.4, 0.5) is 35.3 Å². The first kappa shape index (κ1) is 18.3. The van der Waals surface area contributed by atoms with E-state index in [4.69, 9.17) is 4.42 Å². The van der Waals surface area contributed by atoms with Crippen molar-refractivity contribution in [3.8, 4) is 0 Å². The fraction of sp³-hybridized carbons (Fsp3) is 0.111. The summed E-state index contributed by atoms with van der Waals surface area (Å²) in [7, 11) is 0. The predicted molar refractivity (Wildman–Crippen MR) is 93.5 cm³/mol. The lowest BCUT2D eigenvalue weighted by Gasteiger charge is -2.09. The highest BCUT2D eigenvalue weighted by Gasteiger charge is 2.32. The zero-order chi connectivity index (χ0) is 19.3. The second kappa shape index (κ2) is 7.81. The fourth-order valence-electron chi connectivity index (χ4n) is 2.19. The largest absolute Gasteiger partial charge is 0.467 e. The number of amides is 2. The summed E-state index contributed by atoms with van der Waals surface area (Å²) in [6, 6.07) is 14.6. The van der Waals surface area contributed by atoms with E-state index in [1.165, 1.54) is 0 Å². The molecule has 0 aliphatic rings. The van der Waals surface area contributed by atoms with E-state index in [-0.39, 0.29) is 18.1 Å². The normalized spacial score (nSPS) is 11.1. The van der Waals surface area contributed by atoms with Crippen LogP contribution in [0.3, 0.4) is 0 Å². The molecule has 3 rings (SSSR count). The Morgan fingerprint density at radius 1 is 1.04 bits per heavy atom. The van der Waals surface area contributed by atoms with E-state index < -0.39 is 17.8 Å². The summed E-state index contributed by atoms with van der Waals surface area (Å²) >= 11 is 0. The fourth-order valence-corrected chi connectivity index (χ4v) is 2.19. The molecule has 2 heterocycles. The number of benzene rings is 1. The number of nitrogens with zero attached hydrogens (tertiary/aromatic N) is 1. The van der Waals surface area contributed by atoms with Crippen molar-refractivity contribution in [3.63, 3.8) is 0 Å². The van der Waals surface area contributed by atoms with Crippen molar-refractivity contribution < 1.29 is 22.4 Å². The number of nitrogens with one attached hydrogen (secondary N) is 3. The van der Waals surface area contributed by atoms with E-state index in [0.29, 0.717) is 12.1 Å². The molecule has 0 saturated carbocycles. The lowest BCUT2D eigenvalue weighted by atomic mass is 10.3. The SMILES string of the molecule is O=C(NCc1cc(C(F)(F)F)co1)Nc1cccc(Nc2ccccc2)n1. The number of para-hydroxylation sites is 1. The lowest BCUT2D eigenvalue weighted by molar-refractivity contribution is -0.137. The van der Waals surface area contributed by atoms with Crippen LogP contribution in [-0.4, -0.2) is 11.0 Å². The Balaban J connectivity index is 1.55. The van der Waals surface area contributed by atoms with E-state index in [9.17, 15) is 18.0 Å². The maximum absolute atomic E-state index is 12.5. The standard InChI is InChI=1S/C18H15F3N4O2/c19-18(20,21)12-9-14(27-11-12)10-22-17(26)25-16-8-4-7-15(24-16)23-13-5-2-1-3-6-13/h1-9,11H,10H2,(H3,22,23,24,25,26). The van der Waals surface area contributed by atoms with Crippen molar-refractivity contribution in [2.24, 2.45) is 0 Å². The topological polar surface area (TPSA) is 79.2 Å². The summed E-state index contributed by atoms with van der Waals surface area (Å²) in [6.07, 6.45) is -3.88. The number of hydrogen-bond acceptors (Lipinski definition) is 4. The van der Waals surface area contributed by atoms with Gasteiger partial charge in [-0.05, 0) is 30.3 Å². The number of hydrogen-bond donors (Lipinski definition) is 3. The van der Waals surface area contributed by atoms with Gasteiger partial charge in [-0.1, -0.05) is 24.3 Å². The first-order valence-corrected chi connectivity index (χ1v) is 7.89. The molecule has 0 bridgehead atoms.